The van der Waals surface area contributed by atoms with Crippen molar-refractivity contribution in [2.45, 2.75) is 6.36 Å². The van der Waals surface area contributed by atoms with Crippen LogP contribution in [0.2, 0.25) is 0 Å². The lowest BCUT2D eigenvalue weighted by molar-refractivity contribution is -0.388. The summed E-state index contributed by atoms with van der Waals surface area (Å²) in [5.74, 6) is -1.35. The Kier molecular flexibility index (Phi) is 3.16. The molecular weight excluding hydrogens is 249 g/mol. The van der Waals surface area contributed by atoms with Crippen LogP contribution in [0.1, 0.15) is 10.5 Å². The molecule has 0 aliphatic rings. The van der Waals surface area contributed by atoms with E-state index in [2.05, 4.69) is 4.74 Å². The molecule has 0 aliphatic heterocycles. The molecule has 0 amide bonds. The number of halogens is 3. The fourth-order valence-corrected chi connectivity index (χ4v) is 0.995. The summed E-state index contributed by atoms with van der Waals surface area (Å²) in [7, 11) is 0. The normalized spacial score (nSPS) is 11.0. The molecule has 1 N–H and O–H groups in total. The highest BCUT2D eigenvalue weighted by Gasteiger charge is 2.36. The minimum absolute atomic E-state index is 0.185. The SMILES string of the molecule is O=Cc1[nH]c(=O)cc([N+](=O)[O-])c1OC(F)(F)F. The zero-order valence-electron chi connectivity index (χ0n) is 7.78. The van der Waals surface area contributed by atoms with Gasteiger partial charge in [-0.3, -0.25) is 19.7 Å². The Bertz CT molecular complexity index is 521. The van der Waals surface area contributed by atoms with Gasteiger partial charge >= 0.3 is 12.0 Å². The average Bonchev–Trinajstić information content (AvgIpc) is 2.17. The van der Waals surface area contributed by atoms with Gasteiger partial charge in [0.05, 0.1) is 11.0 Å². The number of nitro groups is 1. The van der Waals surface area contributed by atoms with Gasteiger partial charge in [0, 0.05) is 0 Å². The monoisotopic (exact) mass is 252 g/mol. The standard InChI is InChI=1S/C7H3F3N2O5/c8-7(9,10)17-6-3(2-13)11-5(14)1-4(6)12(15)16/h1-2H,(H,11,14). The predicted octanol–water partition coefficient (Wildman–Crippen LogP) is 0.994. The molecule has 0 radical (unpaired) electrons. The van der Waals surface area contributed by atoms with E-state index in [-0.39, 0.29) is 12.4 Å². The number of pyridine rings is 1. The van der Waals surface area contributed by atoms with Gasteiger partial charge in [0.2, 0.25) is 5.75 Å². The number of hydrogen-bond donors (Lipinski definition) is 1. The summed E-state index contributed by atoms with van der Waals surface area (Å²) in [4.78, 5) is 32.1. The minimum Gasteiger partial charge on any atom is -0.396 e. The zero-order chi connectivity index (χ0) is 13.2. The minimum atomic E-state index is -5.22. The maximum Gasteiger partial charge on any atom is 0.573 e. The first-order chi connectivity index (χ1) is 7.74. The molecule has 0 fully saturated rings. The quantitative estimate of drug-likeness (QED) is 0.491. The average molecular weight is 252 g/mol. The van der Waals surface area contributed by atoms with Crippen molar-refractivity contribution < 1.29 is 27.6 Å². The van der Waals surface area contributed by atoms with Crippen LogP contribution < -0.4 is 10.3 Å². The summed E-state index contributed by atoms with van der Waals surface area (Å²) in [5.41, 5.74) is -3.29. The van der Waals surface area contributed by atoms with Gasteiger partial charge in [-0.15, -0.1) is 13.2 Å². The molecule has 92 valence electrons. The first-order valence-electron chi connectivity index (χ1n) is 3.87. The molecule has 1 rings (SSSR count). The van der Waals surface area contributed by atoms with Crippen LogP contribution in [-0.2, 0) is 0 Å². The van der Waals surface area contributed by atoms with E-state index in [1.165, 1.54) is 0 Å². The van der Waals surface area contributed by atoms with Crippen molar-refractivity contribution >= 4 is 12.0 Å². The first-order valence-corrected chi connectivity index (χ1v) is 3.87. The van der Waals surface area contributed by atoms with Gasteiger partial charge in [0.1, 0.15) is 5.69 Å². The molecule has 0 spiro atoms. The van der Waals surface area contributed by atoms with Crippen molar-refractivity contribution in [3.8, 4) is 5.75 Å². The number of aromatic amines is 1. The van der Waals surface area contributed by atoms with E-state index in [9.17, 15) is 32.9 Å². The first kappa shape index (κ1) is 12.7. The molecule has 0 saturated heterocycles. The molecular formula is C7H3F3N2O5. The molecule has 1 aromatic rings. The Hall–Kier alpha value is -2.39. The molecule has 0 aromatic carbocycles. The molecule has 17 heavy (non-hydrogen) atoms. The van der Waals surface area contributed by atoms with E-state index in [4.69, 9.17) is 0 Å². The van der Waals surface area contributed by atoms with Crippen molar-refractivity contribution in [1.82, 2.24) is 4.98 Å². The van der Waals surface area contributed by atoms with Crippen molar-refractivity contribution in [1.29, 1.82) is 0 Å². The number of nitrogens with zero attached hydrogens (tertiary/aromatic N) is 1. The summed E-state index contributed by atoms with van der Waals surface area (Å²) in [6.45, 7) is 0. The van der Waals surface area contributed by atoms with E-state index < -0.39 is 34.0 Å². The highest BCUT2D eigenvalue weighted by Crippen LogP contribution is 2.32. The van der Waals surface area contributed by atoms with Gasteiger partial charge in [-0.1, -0.05) is 0 Å². The molecule has 0 saturated carbocycles. The van der Waals surface area contributed by atoms with Crippen molar-refractivity contribution in [2.75, 3.05) is 0 Å². The van der Waals surface area contributed by atoms with Crippen molar-refractivity contribution in [3.63, 3.8) is 0 Å². The van der Waals surface area contributed by atoms with Crippen LogP contribution in [0.5, 0.6) is 5.75 Å². The third-order valence-electron chi connectivity index (χ3n) is 1.54. The summed E-state index contributed by atoms with van der Waals surface area (Å²) in [6, 6.07) is 0.286. The maximum absolute atomic E-state index is 11.9. The Morgan fingerprint density at radius 1 is 1.47 bits per heavy atom. The number of carbonyl (C=O) groups excluding carboxylic acids is 1. The lowest BCUT2D eigenvalue weighted by atomic mass is 10.3. The van der Waals surface area contributed by atoms with Crippen LogP contribution in [0.15, 0.2) is 10.9 Å². The van der Waals surface area contributed by atoms with Gasteiger partial charge in [0.15, 0.2) is 6.29 Å². The number of hydrogen-bond acceptors (Lipinski definition) is 5. The van der Waals surface area contributed by atoms with Crippen LogP contribution in [0.4, 0.5) is 18.9 Å². The van der Waals surface area contributed by atoms with Crippen LogP contribution in [0.3, 0.4) is 0 Å². The third-order valence-corrected chi connectivity index (χ3v) is 1.54. The van der Waals surface area contributed by atoms with Crippen LogP contribution >= 0.6 is 0 Å². The molecule has 10 heteroatoms. The number of alkyl halides is 3. The Morgan fingerprint density at radius 2 is 2.06 bits per heavy atom. The number of H-pyrrole nitrogens is 1. The highest BCUT2D eigenvalue weighted by atomic mass is 19.4. The van der Waals surface area contributed by atoms with Gasteiger partial charge in [0.25, 0.3) is 5.56 Å². The van der Waals surface area contributed by atoms with E-state index in [1.54, 1.807) is 4.98 Å². The topological polar surface area (TPSA) is 102 Å². The van der Waals surface area contributed by atoms with Crippen LogP contribution in [-0.4, -0.2) is 22.6 Å². The number of nitrogens with one attached hydrogen (secondary N) is 1. The second-order valence-electron chi connectivity index (χ2n) is 2.68. The lowest BCUT2D eigenvalue weighted by Gasteiger charge is -2.09. The van der Waals surface area contributed by atoms with Gasteiger partial charge in [-0.2, -0.15) is 0 Å². The number of aldehydes is 1. The number of ether oxygens (including phenoxy) is 1. The molecule has 0 unspecified atom stereocenters. The van der Waals surface area contributed by atoms with E-state index in [0.717, 1.165) is 0 Å². The summed E-state index contributed by atoms with van der Waals surface area (Å²) in [6.07, 6.45) is -5.41. The van der Waals surface area contributed by atoms with Crippen molar-refractivity contribution in [3.05, 3.63) is 32.2 Å². The Balaban J connectivity index is 3.47. The molecule has 7 nitrogen and oxygen atoms in total. The number of rotatable bonds is 3. The van der Waals surface area contributed by atoms with E-state index in [0.29, 0.717) is 0 Å². The molecule has 0 bridgehead atoms. The van der Waals surface area contributed by atoms with Gasteiger partial charge in [-0.05, 0) is 0 Å². The van der Waals surface area contributed by atoms with Crippen molar-refractivity contribution in [2.24, 2.45) is 0 Å². The van der Waals surface area contributed by atoms with Crippen LogP contribution in [0.25, 0.3) is 0 Å². The van der Waals surface area contributed by atoms with Gasteiger partial charge < -0.3 is 9.72 Å². The fourth-order valence-electron chi connectivity index (χ4n) is 0.995. The zero-order valence-corrected chi connectivity index (χ0v) is 7.78. The summed E-state index contributed by atoms with van der Waals surface area (Å²) in [5, 5.41) is 10.4. The highest BCUT2D eigenvalue weighted by molar-refractivity contribution is 5.79. The second kappa shape index (κ2) is 4.23. The van der Waals surface area contributed by atoms with Crippen LogP contribution in [0, 0.1) is 10.1 Å². The van der Waals surface area contributed by atoms with Gasteiger partial charge in [-0.25, -0.2) is 0 Å². The second-order valence-corrected chi connectivity index (χ2v) is 2.68. The molecule has 1 heterocycles. The Morgan fingerprint density at radius 3 is 2.47 bits per heavy atom. The molecule has 0 atom stereocenters. The maximum atomic E-state index is 11.9. The Labute approximate surface area is 90.0 Å². The summed E-state index contributed by atoms with van der Waals surface area (Å²) >= 11 is 0. The largest absolute Gasteiger partial charge is 0.573 e. The number of carbonyl (C=O) groups is 1. The fraction of sp³-hybridized carbons (Fsp3) is 0.143. The predicted molar refractivity (Wildman–Crippen MR) is 45.8 cm³/mol. The molecule has 1 aromatic heterocycles. The van der Waals surface area contributed by atoms with E-state index in [1.807, 2.05) is 0 Å². The van der Waals surface area contributed by atoms with E-state index >= 15 is 0 Å². The summed E-state index contributed by atoms with van der Waals surface area (Å²) < 4.78 is 39.2. The molecule has 0 aliphatic carbocycles. The number of aromatic nitrogens is 1. The smallest absolute Gasteiger partial charge is 0.396 e. The third kappa shape index (κ3) is 3.03. The lowest BCUT2D eigenvalue weighted by Crippen LogP contribution is -2.21.